The number of urea groups is 1. The summed E-state index contributed by atoms with van der Waals surface area (Å²) < 4.78 is 16.8. The van der Waals surface area contributed by atoms with Crippen LogP contribution < -0.4 is 14.8 Å². The van der Waals surface area contributed by atoms with Gasteiger partial charge in [0.05, 0.1) is 18.9 Å². The third-order valence-corrected chi connectivity index (χ3v) is 5.22. The Morgan fingerprint density at radius 1 is 1.07 bits per heavy atom. The van der Waals surface area contributed by atoms with Crippen molar-refractivity contribution >= 4 is 11.7 Å². The van der Waals surface area contributed by atoms with Gasteiger partial charge >= 0.3 is 6.03 Å². The zero-order valence-electron chi connectivity index (χ0n) is 17.1. The van der Waals surface area contributed by atoms with Crippen molar-refractivity contribution in [3.05, 3.63) is 48.3 Å². The molecule has 2 aliphatic rings. The molecule has 8 nitrogen and oxygen atoms in total. The molecule has 1 fully saturated rings. The number of hydrogen-bond donors (Lipinski definition) is 1. The van der Waals surface area contributed by atoms with Gasteiger partial charge in [-0.05, 0) is 36.2 Å². The topological polar surface area (TPSA) is 76.2 Å². The minimum atomic E-state index is -0.156. The van der Waals surface area contributed by atoms with Gasteiger partial charge in [0.2, 0.25) is 0 Å². The molecule has 30 heavy (non-hydrogen) atoms. The number of rotatable bonds is 7. The van der Waals surface area contributed by atoms with Crippen LogP contribution in [0.4, 0.5) is 10.5 Å². The number of ether oxygens (including phenoxy) is 3. The van der Waals surface area contributed by atoms with E-state index in [2.05, 4.69) is 15.2 Å². The number of amides is 2. The number of nitrogens with one attached hydrogen (secondary N) is 1. The average molecular weight is 412 g/mol. The van der Waals surface area contributed by atoms with Gasteiger partial charge in [-0.25, -0.2) is 4.79 Å². The minimum Gasteiger partial charge on any atom is -0.486 e. The second kappa shape index (κ2) is 10.3. The summed E-state index contributed by atoms with van der Waals surface area (Å²) in [6.45, 7) is 6.56. The zero-order chi connectivity index (χ0) is 20.6. The monoisotopic (exact) mass is 412 g/mol. The van der Waals surface area contributed by atoms with Crippen LogP contribution in [0.1, 0.15) is 12.0 Å². The average Bonchev–Trinajstić information content (AvgIpc) is 2.80. The van der Waals surface area contributed by atoms with E-state index in [1.807, 2.05) is 35.2 Å². The fourth-order valence-electron chi connectivity index (χ4n) is 3.64. The Balaban J connectivity index is 1.42. The van der Waals surface area contributed by atoms with Crippen molar-refractivity contribution in [2.24, 2.45) is 0 Å². The predicted octanol–water partition coefficient (Wildman–Crippen LogP) is 2.61. The van der Waals surface area contributed by atoms with Gasteiger partial charge in [-0.2, -0.15) is 0 Å². The molecule has 2 amide bonds. The molecule has 0 radical (unpaired) electrons. The van der Waals surface area contributed by atoms with E-state index in [1.165, 1.54) is 0 Å². The molecule has 1 saturated heterocycles. The molecule has 2 aliphatic heterocycles. The standard InChI is InChI=1S/C22H28N4O4/c27-22(24-19-3-1-4-20-21(19)30-16-15-29-20)26(17-18-5-7-23-8-6-18)10-2-9-25-11-13-28-14-12-25/h1,3-8H,2,9-17H2,(H,24,27). The molecule has 1 aromatic carbocycles. The number of hydrogen-bond acceptors (Lipinski definition) is 6. The quantitative estimate of drug-likeness (QED) is 0.753. The summed E-state index contributed by atoms with van der Waals surface area (Å²) in [5, 5.41) is 3.01. The van der Waals surface area contributed by atoms with Crippen molar-refractivity contribution in [3.63, 3.8) is 0 Å². The van der Waals surface area contributed by atoms with E-state index >= 15 is 0 Å². The van der Waals surface area contributed by atoms with Gasteiger partial charge in [0, 0.05) is 45.1 Å². The van der Waals surface area contributed by atoms with Crippen LogP contribution in [0.2, 0.25) is 0 Å². The first-order valence-corrected chi connectivity index (χ1v) is 10.4. The Hall–Kier alpha value is -2.84. The number of aromatic nitrogens is 1. The third kappa shape index (κ3) is 5.40. The predicted molar refractivity (Wildman–Crippen MR) is 113 cm³/mol. The first-order valence-electron chi connectivity index (χ1n) is 10.4. The van der Waals surface area contributed by atoms with Crippen molar-refractivity contribution in [1.29, 1.82) is 0 Å². The largest absolute Gasteiger partial charge is 0.486 e. The van der Waals surface area contributed by atoms with Gasteiger partial charge in [-0.3, -0.25) is 9.88 Å². The molecule has 0 spiro atoms. The van der Waals surface area contributed by atoms with Crippen LogP contribution in [0.5, 0.6) is 11.5 Å². The van der Waals surface area contributed by atoms with E-state index in [4.69, 9.17) is 14.2 Å². The maximum absolute atomic E-state index is 13.2. The summed E-state index contributed by atoms with van der Waals surface area (Å²) in [6, 6.07) is 9.25. The van der Waals surface area contributed by atoms with Crippen LogP contribution in [-0.2, 0) is 11.3 Å². The van der Waals surface area contributed by atoms with Gasteiger partial charge in [0.25, 0.3) is 0 Å². The Bertz CT molecular complexity index is 827. The Morgan fingerprint density at radius 2 is 1.87 bits per heavy atom. The molecule has 4 rings (SSSR count). The van der Waals surface area contributed by atoms with Crippen molar-refractivity contribution in [2.45, 2.75) is 13.0 Å². The maximum Gasteiger partial charge on any atom is 0.322 e. The fourth-order valence-corrected chi connectivity index (χ4v) is 3.64. The van der Waals surface area contributed by atoms with E-state index < -0.39 is 0 Å². The summed E-state index contributed by atoms with van der Waals surface area (Å²) in [5.41, 5.74) is 1.67. The van der Waals surface area contributed by atoms with E-state index in [0.29, 0.717) is 43.5 Å². The highest BCUT2D eigenvalue weighted by Gasteiger charge is 2.20. The van der Waals surface area contributed by atoms with Crippen molar-refractivity contribution in [1.82, 2.24) is 14.8 Å². The molecule has 0 bridgehead atoms. The number of para-hydroxylation sites is 1. The Morgan fingerprint density at radius 3 is 2.70 bits per heavy atom. The molecule has 1 N–H and O–H groups in total. The number of anilines is 1. The van der Waals surface area contributed by atoms with Gasteiger partial charge < -0.3 is 24.4 Å². The molecule has 0 saturated carbocycles. The maximum atomic E-state index is 13.2. The first kappa shape index (κ1) is 20.4. The molecule has 1 aromatic heterocycles. The Kier molecular flexibility index (Phi) is 6.99. The SMILES string of the molecule is O=C(Nc1cccc2c1OCCO2)N(CCCN1CCOCC1)Cc1ccncc1. The van der Waals surface area contributed by atoms with E-state index in [9.17, 15) is 4.79 Å². The number of pyridine rings is 1. The van der Waals surface area contributed by atoms with Crippen molar-refractivity contribution in [2.75, 3.05) is 57.9 Å². The molecular formula is C22H28N4O4. The van der Waals surface area contributed by atoms with Crippen LogP contribution in [0.3, 0.4) is 0 Å². The lowest BCUT2D eigenvalue weighted by molar-refractivity contribution is 0.0365. The van der Waals surface area contributed by atoms with Crippen molar-refractivity contribution < 1.29 is 19.0 Å². The van der Waals surface area contributed by atoms with E-state index in [1.54, 1.807) is 12.4 Å². The van der Waals surface area contributed by atoms with Crippen LogP contribution in [-0.4, -0.2) is 73.4 Å². The number of carbonyl (C=O) groups excluding carboxylic acids is 1. The summed E-state index contributed by atoms with van der Waals surface area (Å²) in [4.78, 5) is 21.4. The molecule has 2 aromatic rings. The third-order valence-electron chi connectivity index (χ3n) is 5.22. The summed E-state index contributed by atoms with van der Waals surface area (Å²) in [5.74, 6) is 1.25. The van der Waals surface area contributed by atoms with Crippen molar-refractivity contribution in [3.8, 4) is 11.5 Å². The summed E-state index contributed by atoms with van der Waals surface area (Å²) in [6.07, 6.45) is 4.39. The molecule has 0 unspecified atom stereocenters. The number of nitrogens with zero attached hydrogens (tertiary/aromatic N) is 3. The molecule has 3 heterocycles. The van der Waals surface area contributed by atoms with Crippen LogP contribution in [0.15, 0.2) is 42.7 Å². The lowest BCUT2D eigenvalue weighted by atomic mass is 10.2. The fraction of sp³-hybridized carbons (Fsp3) is 0.455. The zero-order valence-corrected chi connectivity index (χ0v) is 17.1. The molecular weight excluding hydrogens is 384 g/mol. The first-order chi connectivity index (χ1) is 14.8. The molecule has 0 atom stereocenters. The van der Waals surface area contributed by atoms with Gasteiger partial charge in [0.15, 0.2) is 11.5 Å². The normalized spacial score (nSPS) is 16.1. The van der Waals surface area contributed by atoms with E-state index in [-0.39, 0.29) is 6.03 Å². The lowest BCUT2D eigenvalue weighted by Crippen LogP contribution is -2.40. The van der Waals surface area contributed by atoms with Gasteiger partial charge in [0.1, 0.15) is 13.2 Å². The number of morpholine rings is 1. The van der Waals surface area contributed by atoms with Gasteiger partial charge in [-0.1, -0.05) is 6.07 Å². The highest BCUT2D eigenvalue weighted by Crippen LogP contribution is 2.37. The Labute approximate surface area is 176 Å². The van der Waals surface area contributed by atoms with Gasteiger partial charge in [-0.15, -0.1) is 0 Å². The number of benzene rings is 1. The second-order valence-electron chi connectivity index (χ2n) is 7.34. The number of fused-ring (bicyclic) bond motifs is 1. The molecule has 160 valence electrons. The van der Waals surface area contributed by atoms with E-state index in [0.717, 1.165) is 44.8 Å². The summed E-state index contributed by atoms with van der Waals surface area (Å²) in [7, 11) is 0. The van der Waals surface area contributed by atoms with Crippen LogP contribution in [0.25, 0.3) is 0 Å². The molecule has 8 heteroatoms. The lowest BCUT2D eigenvalue weighted by Gasteiger charge is -2.29. The molecule has 0 aliphatic carbocycles. The highest BCUT2D eigenvalue weighted by atomic mass is 16.6. The second-order valence-corrected chi connectivity index (χ2v) is 7.34. The number of carbonyl (C=O) groups is 1. The highest BCUT2D eigenvalue weighted by molar-refractivity contribution is 5.91. The minimum absolute atomic E-state index is 0.156. The smallest absolute Gasteiger partial charge is 0.322 e. The summed E-state index contributed by atoms with van der Waals surface area (Å²) >= 11 is 0. The van der Waals surface area contributed by atoms with Crippen LogP contribution in [0, 0.1) is 0 Å². The van der Waals surface area contributed by atoms with Crippen LogP contribution >= 0.6 is 0 Å².